The summed E-state index contributed by atoms with van der Waals surface area (Å²) in [6, 6.07) is 13.8. The van der Waals surface area contributed by atoms with Crippen LogP contribution in [0.15, 0.2) is 53.4 Å². The molecule has 0 saturated carbocycles. The van der Waals surface area contributed by atoms with Gasteiger partial charge in [-0.05, 0) is 31.2 Å². The molecule has 0 unspecified atom stereocenters. The molecule has 2 aromatic rings. The van der Waals surface area contributed by atoms with Crippen LogP contribution in [0.2, 0.25) is 5.02 Å². The molecule has 1 aliphatic heterocycles. The molecule has 0 aliphatic carbocycles. The Hall–Kier alpha value is -1.89. The average molecular weight is 379 g/mol. The zero-order chi connectivity index (χ0) is 18.0. The molecule has 7 heteroatoms. The molecule has 25 heavy (non-hydrogen) atoms. The Kier molecular flexibility index (Phi) is 5.13. The molecule has 1 aliphatic rings. The second-order valence-corrected chi connectivity index (χ2v) is 8.31. The first kappa shape index (κ1) is 17.9. The van der Waals surface area contributed by atoms with Gasteiger partial charge in [0.15, 0.2) is 0 Å². The molecule has 0 N–H and O–H groups in total. The van der Waals surface area contributed by atoms with Gasteiger partial charge in [-0.15, -0.1) is 0 Å². The molecule has 2 aromatic carbocycles. The minimum absolute atomic E-state index is 0.0743. The fourth-order valence-corrected chi connectivity index (χ4v) is 4.72. The monoisotopic (exact) mass is 378 g/mol. The van der Waals surface area contributed by atoms with Crippen molar-refractivity contribution < 1.29 is 13.2 Å². The van der Waals surface area contributed by atoms with Crippen molar-refractivity contribution in [1.29, 1.82) is 0 Å². The van der Waals surface area contributed by atoms with Gasteiger partial charge in [0.2, 0.25) is 10.0 Å². The highest BCUT2D eigenvalue weighted by Gasteiger charge is 2.31. The second-order valence-electron chi connectivity index (χ2n) is 5.99. The van der Waals surface area contributed by atoms with Crippen LogP contribution in [0.5, 0.6) is 0 Å². The van der Waals surface area contributed by atoms with E-state index in [1.54, 1.807) is 35.2 Å². The summed E-state index contributed by atoms with van der Waals surface area (Å²) in [5.74, 6) is -0.0743. The van der Waals surface area contributed by atoms with Crippen LogP contribution in [-0.4, -0.2) is 49.7 Å². The number of halogens is 1. The second kappa shape index (κ2) is 7.15. The highest BCUT2D eigenvalue weighted by atomic mass is 35.5. The van der Waals surface area contributed by atoms with Crippen molar-refractivity contribution in [3.63, 3.8) is 0 Å². The number of aryl methyl sites for hydroxylation is 1. The predicted octanol–water partition coefficient (Wildman–Crippen LogP) is 2.80. The maximum atomic E-state index is 12.7. The number of carbonyl (C=O) groups is 1. The van der Waals surface area contributed by atoms with Crippen LogP contribution in [0.25, 0.3) is 0 Å². The molecular formula is C18H19ClN2O3S. The number of nitrogens with zero attached hydrogens (tertiary/aromatic N) is 2. The van der Waals surface area contributed by atoms with E-state index >= 15 is 0 Å². The molecule has 1 saturated heterocycles. The fraction of sp³-hybridized carbons (Fsp3) is 0.278. The minimum atomic E-state index is -3.65. The molecule has 1 amide bonds. The van der Waals surface area contributed by atoms with Crippen molar-refractivity contribution in [3.05, 3.63) is 64.7 Å². The van der Waals surface area contributed by atoms with Crippen molar-refractivity contribution in [1.82, 2.24) is 9.21 Å². The largest absolute Gasteiger partial charge is 0.336 e. The lowest BCUT2D eigenvalue weighted by molar-refractivity contribution is 0.0698. The Morgan fingerprint density at radius 1 is 0.960 bits per heavy atom. The number of piperazine rings is 1. The maximum Gasteiger partial charge on any atom is 0.253 e. The van der Waals surface area contributed by atoms with Gasteiger partial charge in [0.1, 0.15) is 4.90 Å². The van der Waals surface area contributed by atoms with Crippen LogP contribution >= 0.6 is 11.6 Å². The van der Waals surface area contributed by atoms with Gasteiger partial charge < -0.3 is 4.90 Å². The Bertz CT molecular complexity index is 873. The fourth-order valence-electron chi connectivity index (χ4n) is 2.80. The van der Waals surface area contributed by atoms with Gasteiger partial charge >= 0.3 is 0 Å². The maximum absolute atomic E-state index is 12.7. The summed E-state index contributed by atoms with van der Waals surface area (Å²) in [6.07, 6.45) is 0. The van der Waals surface area contributed by atoms with E-state index in [2.05, 4.69) is 0 Å². The van der Waals surface area contributed by atoms with E-state index in [-0.39, 0.29) is 28.9 Å². The van der Waals surface area contributed by atoms with Crippen LogP contribution in [0, 0.1) is 6.92 Å². The summed E-state index contributed by atoms with van der Waals surface area (Å²) in [7, 11) is -3.65. The van der Waals surface area contributed by atoms with Crippen LogP contribution in [0.1, 0.15) is 15.9 Å². The van der Waals surface area contributed by atoms with E-state index in [4.69, 9.17) is 11.6 Å². The molecular weight excluding hydrogens is 360 g/mol. The quantitative estimate of drug-likeness (QED) is 0.825. The Balaban J connectivity index is 1.70. The van der Waals surface area contributed by atoms with Crippen molar-refractivity contribution >= 4 is 27.5 Å². The van der Waals surface area contributed by atoms with Gasteiger partial charge in [0.25, 0.3) is 5.91 Å². The van der Waals surface area contributed by atoms with E-state index < -0.39 is 10.0 Å². The van der Waals surface area contributed by atoms with Gasteiger partial charge in [-0.25, -0.2) is 8.42 Å². The third-order valence-corrected chi connectivity index (χ3v) is 6.68. The molecule has 0 radical (unpaired) electrons. The van der Waals surface area contributed by atoms with Gasteiger partial charge in [0.05, 0.1) is 5.02 Å². The van der Waals surface area contributed by atoms with Crippen LogP contribution in [-0.2, 0) is 10.0 Å². The first-order valence-electron chi connectivity index (χ1n) is 8.00. The van der Waals surface area contributed by atoms with Crippen LogP contribution in [0.4, 0.5) is 0 Å². The summed E-state index contributed by atoms with van der Waals surface area (Å²) in [4.78, 5) is 14.3. The number of hydrogen-bond acceptors (Lipinski definition) is 3. The topological polar surface area (TPSA) is 57.7 Å². The molecule has 5 nitrogen and oxygen atoms in total. The number of sulfonamides is 1. The standard InChI is InChI=1S/C18H19ClN2O3S/c1-14-6-8-15(9-7-14)18(22)20-10-12-21(13-11-20)25(23,24)17-5-3-2-4-16(17)19/h2-9H,10-13H2,1H3. The average Bonchev–Trinajstić information content (AvgIpc) is 2.62. The zero-order valence-electron chi connectivity index (χ0n) is 13.9. The van der Waals surface area contributed by atoms with Crippen LogP contribution < -0.4 is 0 Å². The number of amides is 1. The normalized spacial score (nSPS) is 16.0. The summed E-state index contributed by atoms with van der Waals surface area (Å²) in [6.45, 7) is 3.19. The molecule has 0 spiro atoms. The van der Waals surface area contributed by atoms with E-state index in [1.807, 2.05) is 19.1 Å². The summed E-state index contributed by atoms with van der Waals surface area (Å²) in [5.41, 5.74) is 1.71. The van der Waals surface area contributed by atoms with Crippen molar-refractivity contribution in [2.45, 2.75) is 11.8 Å². The summed E-state index contributed by atoms with van der Waals surface area (Å²) in [5, 5.41) is 0.209. The van der Waals surface area contributed by atoms with Gasteiger partial charge in [-0.1, -0.05) is 41.4 Å². The van der Waals surface area contributed by atoms with Crippen molar-refractivity contribution in [3.8, 4) is 0 Å². The lowest BCUT2D eigenvalue weighted by atomic mass is 10.1. The highest BCUT2D eigenvalue weighted by Crippen LogP contribution is 2.25. The molecule has 0 atom stereocenters. The number of rotatable bonds is 3. The smallest absolute Gasteiger partial charge is 0.253 e. The third-order valence-electron chi connectivity index (χ3n) is 4.28. The van der Waals surface area contributed by atoms with Crippen LogP contribution in [0.3, 0.4) is 0 Å². The molecule has 3 rings (SSSR count). The van der Waals surface area contributed by atoms with Gasteiger partial charge in [-0.3, -0.25) is 4.79 Å². The minimum Gasteiger partial charge on any atom is -0.336 e. The molecule has 0 bridgehead atoms. The molecule has 1 fully saturated rings. The lowest BCUT2D eigenvalue weighted by Gasteiger charge is -2.34. The number of hydrogen-bond donors (Lipinski definition) is 0. The summed E-state index contributed by atoms with van der Waals surface area (Å²) >= 11 is 6.03. The SMILES string of the molecule is Cc1ccc(C(=O)N2CCN(S(=O)(=O)c3ccccc3Cl)CC2)cc1. The van der Waals surface area contributed by atoms with E-state index in [0.29, 0.717) is 18.7 Å². The predicted molar refractivity (Wildman–Crippen MR) is 97.3 cm³/mol. The lowest BCUT2D eigenvalue weighted by Crippen LogP contribution is -2.50. The Labute approximate surface area is 152 Å². The number of benzene rings is 2. The van der Waals surface area contributed by atoms with E-state index in [0.717, 1.165) is 5.56 Å². The zero-order valence-corrected chi connectivity index (χ0v) is 15.4. The van der Waals surface area contributed by atoms with E-state index in [9.17, 15) is 13.2 Å². The van der Waals surface area contributed by atoms with Gasteiger partial charge in [-0.2, -0.15) is 4.31 Å². The van der Waals surface area contributed by atoms with Gasteiger partial charge in [0, 0.05) is 31.7 Å². The molecule has 132 valence electrons. The Morgan fingerprint density at radius 3 is 2.16 bits per heavy atom. The van der Waals surface area contributed by atoms with Crippen molar-refractivity contribution in [2.24, 2.45) is 0 Å². The highest BCUT2D eigenvalue weighted by molar-refractivity contribution is 7.89. The Morgan fingerprint density at radius 2 is 1.56 bits per heavy atom. The van der Waals surface area contributed by atoms with Crippen molar-refractivity contribution in [2.75, 3.05) is 26.2 Å². The van der Waals surface area contributed by atoms with E-state index in [1.165, 1.54) is 10.4 Å². The molecule has 0 aromatic heterocycles. The number of carbonyl (C=O) groups excluding carboxylic acids is 1. The molecule has 1 heterocycles. The third kappa shape index (κ3) is 3.71. The first-order chi connectivity index (χ1) is 11.9. The summed E-state index contributed by atoms with van der Waals surface area (Å²) < 4.78 is 26.8. The first-order valence-corrected chi connectivity index (χ1v) is 9.82.